The molecule has 176 valence electrons. The first-order chi connectivity index (χ1) is 16.3. The van der Waals surface area contributed by atoms with E-state index in [1.165, 1.54) is 39.9 Å². The normalized spacial score (nSPS) is 19.4. The maximum Gasteiger partial charge on any atom is 0.257 e. The molecule has 0 bridgehead atoms. The minimum atomic E-state index is -3.67. The molecule has 0 aliphatic carbocycles. The number of morpholine rings is 1. The number of fused-ring (bicyclic) bond motifs is 1. The molecule has 1 N–H and O–H groups in total. The van der Waals surface area contributed by atoms with E-state index in [4.69, 9.17) is 9.15 Å². The Bertz CT molecular complexity index is 1400. The predicted octanol–water partition coefficient (Wildman–Crippen LogP) is 4.61. The highest BCUT2D eigenvalue weighted by Crippen LogP contribution is 2.30. The van der Waals surface area contributed by atoms with Crippen LogP contribution in [0.25, 0.3) is 22.4 Å². The molecule has 3 heterocycles. The molecule has 10 heteroatoms. The molecule has 1 fully saturated rings. The van der Waals surface area contributed by atoms with Crippen molar-refractivity contribution in [3.63, 3.8) is 0 Å². The topological polar surface area (TPSA) is 102 Å². The first kappa shape index (κ1) is 22.7. The van der Waals surface area contributed by atoms with Crippen LogP contribution in [0, 0.1) is 0 Å². The molecule has 4 aromatic rings. The fourth-order valence-corrected chi connectivity index (χ4v) is 6.26. The number of carbonyl (C=O) groups is 1. The monoisotopic (exact) mass is 497 g/mol. The lowest BCUT2D eigenvalue weighted by atomic mass is 10.2. The third-order valence-corrected chi connectivity index (χ3v) is 8.15. The summed E-state index contributed by atoms with van der Waals surface area (Å²) in [6.45, 7) is 4.30. The van der Waals surface area contributed by atoms with Crippen molar-refractivity contribution in [3.8, 4) is 11.5 Å². The lowest BCUT2D eigenvalue weighted by Gasteiger charge is -2.34. The van der Waals surface area contributed by atoms with Crippen LogP contribution in [0.4, 0.5) is 5.13 Å². The molecule has 0 spiro atoms. The smallest absolute Gasteiger partial charge is 0.257 e. The minimum Gasteiger partial charge on any atom is -0.454 e. The highest BCUT2D eigenvalue weighted by molar-refractivity contribution is 7.89. The predicted molar refractivity (Wildman–Crippen MR) is 130 cm³/mol. The second-order valence-electron chi connectivity index (χ2n) is 8.24. The van der Waals surface area contributed by atoms with Gasteiger partial charge in [-0.3, -0.25) is 10.1 Å². The first-order valence-corrected chi connectivity index (χ1v) is 13.1. The Morgan fingerprint density at radius 3 is 2.50 bits per heavy atom. The van der Waals surface area contributed by atoms with Gasteiger partial charge in [-0.15, -0.1) is 11.3 Å². The van der Waals surface area contributed by atoms with E-state index >= 15 is 0 Å². The molecule has 2 atom stereocenters. The van der Waals surface area contributed by atoms with Crippen LogP contribution in [0.3, 0.4) is 0 Å². The van der Waals surface area contributed by atoms with Crippen molar-refractivity contribution in [2.75, 3.05) is 18.4 Å². The van der Waals surface area contributed by atoms with Crippen LogP contribution in [-0.4, -0.2) is 48.9 Å². The van der Waals surface area contributed by atoms with Gasteiger partial charge in [0, 0.05) is 29.4 Å². The quantitative estimate of drug-likeness (QED) is 0.432. The van der Waals surface area contributed by atoms with Crippen molar-refractivity contribution in [2.45, 2.75) is 31.0 Å². The van der Waals surface area contributed by atoms with Gasteiger partial charge in [0.05, 0.1) is 17.1 Å². The highest BCUT2D eigenvalue weighted by atomic mass is 32.2. The number of benzene rings is 2. The summed E-state index contributed by atoms with van der Waals surface area (Å²) in [5.41, 5.74) is 1.74. The van der Waals surface area contributed by atoms with E-state index in [1.807, 2.05) is 49.6 Å². The number of thiazole rings is 1. The summed E-state index contributed by atoms with van der Waals surface area (Å²) < 4.78 is 38.9. The van der Waals surface area contributed by atoms with Gasteiger partial charge in [-0.25, -0.2) is 13.4 Å². The maximum absolute atomic E-state index is 13.0. The van der Waals surface area contributed by atoms with E-state index < -0.39 is 10.0 Å². The number of furan rings is 1. The first-order valence-electron chi connectivity index (χ1n) is 10.8. The fraction of sp³-hybridized carbons (Fsp3) is 0.250. The molecular weight excluding hydrogens is 474 g/mol. The molecule has 0 radical (unpaired) electrons. The number of nitrogens with zero attached hydrogens (tertiary/aromatic N) is 2. The number of aromatic nitrogens is 1. The number of sulfonamides is 1. The van der Waals surface area contributed by atoms with Crippen molar-refractivity contribution >= 4 is 43.4 Å². The van der Waals surface area contributed by atoms with Crippen molar-refractivity contribution in [1.29, 1.82) is 0 Å². The second kappa shape index (κ2) is 8.95. The molecule has 2 aromatic carbocycles. The maximum atomic E-state index is 13.0. The minimum absolute atomic E-state index is 0.145. The second-order valence-corrected chi connectivity index (χ2v) is 11.0. The molecule has 34 heavy (non-hydrogen) atoms. The average Bonchev–Trinajstić information content (AvgIpc) is 3.45. The SMILES string of the molecule is C[C@H]1CN(S(=O)(=O)c2ccc(C(=O)Nc3nc(-c4cc5ccccc5o4)cs3)cc2)C[C@H](C)O1. The van der Waals surface area contributed by atoms with Gasteiger partial charge in [0.1, 0.15) is 11.3 Å². The van der Waals surface area contributed by atoms with Gasteiger partial charge in [0.15, 0.2) is 10.9 Å². The van der Waals surface area contributed by atoms with Crippen LogP contribution in [0.2, 0.25) is 0 Å². The molecular formula is C24H23N3O5S2. The van der Waals surface area contributed by atoms with Crippen LogP contribution in [-0.2, 0) is 14.8 Å². The van der Waals surface area contributed by atoms with Crippen molar-refractivity contribution in [1.82, 2.24) is 9.29 Å². The molecule has 0 saturated carbocycles. The number of ether oxygens (including phenoxy) is 1. The third kappa shape index (κ3) is 4.49. The van der Waals surface area contributed by atoms with Gasteiger partial charge >= 0.3 is 0 Å². The zero-order chi connectivity index (χ0) is 23.9. The number of carbonyl (C=O) groups excluding carboxylic acids is 1. The Morgan fingerprint density at radius 2 is 1.79 bits per heavy atom. The van der Waals surface area contributed by atoms with Crippen LogP contribution in [0.15, 0.2) is 69.3 Å². The molecule has 1 amide bonds. The standard InChI is InChI=1S/C24H23N3O5S2/c1-15-12-27(13-16(2)31-15)34(29,30)19-9-7-17(8-10-19)23(28)26-24-25-20(14-33-24)22-11-18-5-3-4-6-21(18)32-22/h3-11,14-16H,12-13H2,1-2H3,(H,25,26,28)/t15-,16-/m0/s1. The zero-order valence-electron chi connectivity index (χ0n) is 18.6. The Balaban J connectivity index is 1.28. The van der Waals surface area contributed by atoms with Gasteiger partial charge < -0.3 is 9.15 Å². The molecule has 2 aromatic heterocycles. The van der Waals surface area contributed by atoms with Gasteiger partial charge in [-0.1, -0.05) is 18.2 Å². The van der Waals surface area contributed by atoms with Crippen LogP contribution >= 0.6 is 11.3 Å². The number of nitrogens with one attached hydrogen (secondary N) is 1. The molecule has 0 unspecified atom stereocenters. The van der Waals surface area contributed by atoms with Gasteiger partial charge in [-0.05, 0) is 50.2 Å². The van der Waals surface area contributed by atoms with Gasteiger partial charge in [0.2, 0.25) is 10.0 Å². The molecule has 5 rings (SSSR count). The number of amides is 1. The summed E-state index contributed by atoms with van der Waals surface area (Å²) in [6, 6.07) is 15.5. The zero-order valence-corrected chi connectivity index (χ0v) is 20.2. The summed E-state index contributed by atoms with van der Waals surface area (Å²) in [5.74, 6) is 0.252. The summed E-state index contributed by atoms with van der Waals surface area (Å²) in [7, 11) is -3.67. The Kier molecular flexibility index (Phi) is 5.98. The van der Waals surface area contributed by atoms with Crippen molar-refractivity contribution in [3.05, 3.63) is 65.5 Å². The molecule has 8 nitrogen and oxygen atoms in total. The van der Waals surface area contributed by atoms with E-state index in [-0.39, 0.29) is 23.0 Å². The van der Waals surface area contributed by atoms with E-state index in [0.717, 1.165) is 11.0 Å². The largest absolute Gasteiger partial charge is 0.454 e. The van der Waals surface area contributed by atoms with Crippen molar-refractivity contribution < 1.29 is 22.4 Å². The fourth-order valence-electron chi connectivity index (χ4n) is 3.98. The van der Waals surface area contributed by atoms with Crippen LogP contribution in [0.1, 0.15) is 24.2 Å². The third-order valence-electron chi connectivity index (χ3n) is 5.54. The number of hydrogen-bond acceptors (Lipinski definition) is 7. The Morgan fingerprint density at radius 1 is 1.09 bits per heavy atom. The van der Waals surface area contributed by atoms with Crippen LogP contribution in [0.5, 0.6) is 0 Å². The van der Waals surface area contributed by atoms with E-state index in [0.29, 0.717) is 35.2 Å². The summed E-state index contributed by atoms with van der Waals surface area (Å²) in [6.07, 6.45) is -0.349. The summed E-state index contributed by atoms with van der Waals surface area (Å²) in [5, 5.41) is 5.98. The lowest BCUT2D eigenvalue weighted by molar-refractivity contribution is -0.0440. The number of rotatable bonds is 5. The molecule has 1 saturated heterocycles. The van der Waals surface area contributed by atoms with E-state index in [2.05, 4.69) is 10.3 Å². The highest BCUT2D eigenvalue weighted by Gasteiger charge is 2.32. The molecule has 1 aliphatic rings. The average molecular weight is 498 g/mol. The molecule has 1 aliphatic heterocycles. The van der Waals surface area contributed by atoms with Gasteiger partial charge in [-0.2, -0.15) is 4.31 Å². The Hall–Kier alpha value is -3.05. The van der Waals surface area contributed by atoms with Crippen LogP contribution < -0.4 is 5.32 Å². The Labute approximate surface area is 201 Å². The van der Waals surface area contributed by atoms with Gasteiger partial charge in [0.25, 0.3) is 5.91 Å². The van der Waals surface area contributed by atoms with Crippen molar-refractivity contribution in [2.24, 2.45) is 0 Å². The van der Waals surface area contributed by atoms with E-state index in [1.54, 1.807) is 0 Å². The number of anilines is 1. The lowest BCUT2D eigenvalue weighted by Crippen LogP contribution is -2.48. The van der Waals surface area contributed by atoms with E-state index in [9.17, 15) is 13.2 Å². The summed E-state index contributed by atoms with van der Waals surface area (Å²) in [4.78, 5) is 17.3. The number of hydrogen-bond donors (Lipinski definition) is 1. The number of para-hydroxylation sites is 1. The summed E-state index contributed by atoms with van der Waals surface area (Å²) >= 11 is 1.29.